The van der Waals surface area contributed by atoms with Crippen LogP contribution in [0.4, 0.5) is 10.1 Å². The maximum absolute atomic E-state index is 13.0. The van der Waals surface area contributed by atoms with Crippen molar-refractivity contribution >= 4 is 57.0 Å². The Hall–Kier alpha value is -2.94. The van der Waals surface area contributed by atoms with Crippen molar-refractivity contribution in [3.05, 3.63) is 80.8 Å². The normalized spacial score (nSPS) is 11.4. The van der Waals surface area contributed by atoms with Crippen LogP contribution in [0.1, 0.15) is 19.8 Å². The maximum Gasteiger partial charge on any atom is 0.286 e. The molecule has 9 heteroatoms. The minimum absolute atomic E-state index is 0.153. The van der Waals surface area contributed by atoms with Crippen LogP contribution in [0.15, 0.2) is 60.0 Å². The first kappa shape index (κ1) is 19.4. The molecule has 1 N–H and O–H groups in total. The Bertz CT molecular complexity index is 1170. The summed E-state index contributed by atoms with van der Waals surface area (Å²) in [7, 11) is 0. The molecule has 4 aromatic rings. The highest BCUT2D eigenvalue weighted by Gasteiger charge is 2.15. The fraction of sp³-hybridized carbons (Fsp3) is 0. The SMILES string of the molecule is O=C(Nc1ccc(F)cc1)c1nnc(/C(Cl)=C/c2nc(-c3ccccc3)cs2)s1. The minimum Gasteiger partial charge on any atom is -0.320 e. The van der Waals surface area contributed by atoms with Gasteiger partial charge in [-0.3, -0.25) is 4.79 Å². The van der Waals surface area contributed by atoms with E-state index < -0.39 is 5.91 Å². The zero-order chi connectivity index (χ0) is 20.2. The van der Waals surface area contributed by atoms with Gasteiger partial charge in [0.15, 0.2) is 5.01 Å². The lowest BCUT2D eigenvalue weighted by atomic mass is 10.2. The van der Waals surface area contributed by atoms with Gasteiger partial charge in [0.1, 0.15) is 10.8 Å². The van der Waals surface area contributed by atoms with E-state index in [0.717, 1.165) is 27.6 Å². The number of aromatic nitrogens is 3. The van der Waals surface area contributed by atoms with Crippen molar-refractivity contribution in [2.24, 2.45) is 0 Å². The molecule has 29 heavy (non-hydrogen) atoms. The fourth-order valence-corrected chi connectivity index (χ4v) is 4.12. The molecule has 4 rings (SSSR count). The van der Waals surface area contributed by atoms with Crippen molar-refractivity contribution in [1.82, 2.24) is 15.2 Å². The quantitative estimate of drug-likeness (QED) is 0.424. The molecule has 0 aliphatic carbocycles. The van der Waals surface area contributed by atoms with Crippen molar-refractivity contribution in [2.45, 2.75) is 0 Å². The highest BCUT2D eigenvalue weighted by atomic mass is 35.5. The Labute approximate surface area is 178 Å². The van der Waals surface area contributed by atoms with Gasteiger partial charge >= 0.3 is 0 Å². The van der Waals surface area contributed by atoms with Gasteiger partial charge in [0.05, 0.1) is 10.7 Å². The van der Waals surface area contributed by atoms with E-state index in [0.29, 0.717) is 15.7 Å². The number of anilines is 1. The number of halogens is 2. The van der Waals surface area contributed by atoms with Gasteiger partial charge in [0.25, 0.3) is 5.91 Å². The molecule has 1 amide bonds. The van der Waals surface area contributed by atoms with Gasteiger partial charge in [-0.05, 0) is 30.3 Å². The predicted molar refractivity (Wildman–Crippen MR) is 116 cm³/mol. The molecule has 0 fully saturated rings. The molecule has 2 aromatic carbocycles. The topological polar surface area (TPSA) is 67.8 Å². The third kappa shape index (κ3) is 4.73. The van der Waals surface area contributed by atoms with Gasteiger partial charge in [0, 0.05) is 16.6 Å². The number of amides is 1. The molecule has 0 saturated heterocycles. The summed E-state index contributed by atoms with van der Waals surface area (Å²) in [6.45, 7) is 0. The number of rotatable bonds is 5. The summed E-state index contributed by atoms with van der Waals surface area (Å²) in [5.74, 6) is -0.818. The number of thiazole rings is 1. The Morgan fingerprint density at radius 1 is 1.03 bits per heavy atom. The molecule has 0 saturated carbocycles. The molecule has 144 valence electrons. The van der Waals surface area contributed by atoms with Crippen LogP contribution < -0.4 is 5.32 Å². The van der Waals surface area contributed by atoms with Crippen LogP contribution in [-0.2, 0) is 0 Å². The van der Waals surface area contributed by atoms with E-state index >= 15 is 0 Å². The van der Waals surface area contributed by atoms with Crippen molar-refractivity contribution in [1.29, 1.82) is 0 Å². The second-order valence-electron chi connectivity index (χ2n) is 5.80. The summed E-state index contributed by atoms with van der Waals surface area (Å²) < 4.78 is 13.0. The van der Waals surface area contributed by atoms with Crippen LogP contribution >= 0.6 is 34.3 Å². The second kappa shape index (κ2) is 8.60. The van der Waals surface area contributed by atoms with Gasteiger partial charge in [-0.1, -0.05) is 53.3 Å². The first-order valence-electron chi connectivity index (χ1n) is 8.37. The predicted octanol–water partition coefficient (Wildman–Crippen LogP) is 5.79. The van der Waals surface area contributed by atoms with E-state index in [1.54, 1.807) is 6.08 Å². The highest BCUT2D eigenvalue weighted by molar-refractivity contribution is 7.15. The average molecular weight is 443 g/mol. The molecule has 0 spiro atoms. The number of hydrogen-bond acceptors (Lipinski definition) is 6. The number of nitrogens with zero attached hydrogens (tertiary/aromatic N) is 3. The van der Waals surface area contributed by atoms with Crippen molar-refractivity contribution in [3.63, 3.8) is 0 Å². The summed E-state index contributed by atoms with van der Waals surface area (Å²) in [4.78, 5) is 16.8. The molecule has 0 aliphatic rings. The molecule has 0 atom stereocenters. The zero-order valence-corrected chi connectivity index (χ0v) is 17.1. The van der Waals surface area contributed by atoms with Crippen molar-refractivity contribution in [2.75, 3.05) is 5.32 Å². The third-order valence-corrected chi connectivity index (χ3v) is 5.91. The summed E-state index contributed by atoms with van der Waals surface area (Å²) in [5, 5.41) is 14.1. The van der Waals surface area contributed by atoms with E-state index in [1.807, 2.05) is 35.7 Å². The Balaban J connectivity index is 1.48. The van der Waals surface area contributed by atoms with E-state index in [2.05, 4.69) is 20.5 Å². The van der Waals surface area contributed by atoms with Crippen LogP contribution in [0.25, 0.3) is 22.4 Å². The standard InChI is InChI=1S/C20H12ClFN4OS2/c21-15(10-17-24-16(11-28-17)12-4-2-1-3-5-12)19-25-26-20(29-19)18(27)23-14-8-6-13(22)7-9-14/h1-11H,(H,23,27)/b15-10-. The molecule has 0 aliphatic heterocycles. The first-order chi connectivity index (χ1) is 14.1. The minimum atomic E-state index is -0.439. The zero-order valence-electron chi connectivity index (χ0n) is 14.7. The fourth-order valence-electron chi connectivity index (χ4n) is 2.39. The maximum atomic E-state index is 13.0. The number of hydrogen-bond donors (Lipinski definition) is 1. The van der Waals surface area contributed by atoms with Gasteiger partial charge in [-0.2, -0.15) is 0 Å². The third-order valence-electron chi connectivity index (χ3n) is 3.77. The molecular formula is C20H12ClFN4OS2. The highest BCUT2D eigenvalue weighted by Crippen LogP contribution is 2.28. The molecule has 5 nitrogen and oxygen atoms in total. The Morgan fingerprint density at radius 2 is 1.76 bits per heavy atom. The summed E-state index contributed by atoms with van der Waals surface area (Å²) in [6.07, 6.45) is 1.70. The number of benzene rings is 2. The van der Waals surface area contributed by atoms with E-state index in [9.17, 15) is 9.18 Å². The lowest BCUT2D eigenvalue weighted by Crippen LogP contribution is -2.11. The molecule has 2 aromatic heterocycles. The Morgan fingerprint density at radius 3 is 2.52 bits per heavy atom. The van der Waals surface area contributed by atoms with Gasteiger partial charge in [-0.15, -0.1) is 21.5 Å². The molecule has 0 radical (unpaired) electrons. The average Bonchev–Trinajstić information content (AvgIpc) is 3.40. The van der Waals surface area contributed by atoms with Gasteiger partial charge in [0.2, 0.25) is 5.01 Å². The Kier molecular flexibility index (Phi) is 5.75. The summed E-state index contributed by atoms with van der Waals surface area (Å²) in [5.41, 5.74) is 2.35. The van der Waals surface area contributed by atoms with Crippen LogP contribution in [-0.4, -0.2) is 21.1 Å². The largest absolute Gasteiger partial charge is 0.320 e. The van der Waals surface area contributed by atoms with Gasteiger partial charge in [-0.25, -0.2) is 9.37 Å². The molecule has 2 heterocycles. The monoisotopic (exact) mass is 442 g/mol. The second-order valence-corrected chi connectivity index (χ2v) is 8.08. The van der Waals surface area contributed by atoms with E-state index in [-0.39, 0.29) is 10.8 Å². The van der Waals surface area contributed by atoms with Crippen molar-refractivity contribution < 1.29 is 9.18 Å². The lowest BCUT2D eigenvalue weighted by molar-refractivity contribution is 0.102. The summed E-state index contributed by atoms with van der Waals surface area (Å²) >= 11 is 8.87. The number of carbonyl (C=O) groups excluding carboxylic acids is 1. The van der Waals surface area contributed by atoms with Crippen LogP contribution in [0.2, 0.25) is 0 Å². The first-order valence-corrected chi connectivity index (χ1v) is 10.4. The van der Waals surface area contributed by atoms with Crippen LogP contribution in [0.5, 0.6) is 0 Å². The smallest absolute Gasteiger partial charge is 0.286 e. The molecular weight excluding hydrogens is 431 g/mol. The molecule has 0 unspecified atom stereocenters. The number of carbonyl (C=O) groups is 1. The summed E-state index contributed by atoms with van der Waals surface area (Å²) in [6, 6.07) is 15.3. The van der Waals surface area contributed by atoms with Crippen molar-refractivity contribution in [3.8, 4) is 11.3 Å². The van der Waals surface area contributed by atoms with E-state index in [1.165, 1.54) is 35.6 Å². The van der Waals surface area contributed by atoms with Crippen LogP contribution in [0, 0.1) is 5.82 Å². The molecule has 0 bridgehead atoms. The van der Waals surface area contributed by atoms with Gasteiger partial charge < -0.3 is 5.32 Å². The van der Waals surface area contributed by atoms with Crippen LogP contribution in [0.3, 0.4) is 0 Å². The van der Waals surface area contributed by atoms with E-state index in [4.69, 9.17) is 11.6 Å². The lowest BCUT2D eigenvalue weighted by Gasteiger charge is -2.01. The number of nitrogens with one attached hydrogen (secondary N) is 1.